The molecule has 1 atom stereocenters. The maximum Gasteiger partial charge on any atom is 0.313 e. The van der Waals surface area contributed by atoms with Crippen molar-refractivity contribution in [2.75, 3.05) is 7.11 Å². The number of Topliss-reactive ketones (excluding diaryl/α,β-unsaturated/α-hetero) is 1. The van der Waals surface area contributed by atoms with Crippen LogP contribution in [0.1, 0.15) is 24.0 Å². The molecule has 150 valence electrons. The molecule has 1 aromatic carbocycles. The lowest BCUT2D eigenvalue weighted by molar-refractivity contribution is -0.143. The van der Waals surface area contributed by atoms with Gasteiger partial charge < -0.3 is 9.84 Å². The zero-order valence-corrected chi connectivity index (χ0v) is 16.1. The predicted molar refractivity (Wildman–Crippen MR) is 107 cm³/mol. The molecule has 0 aliphatic heterocycles. The van der Waals surface area contributed by atoms with E-state index in [9.17, 15) is 19.1 Å². The molecule has 2 heterocycles. The standard InChI is InChI=1S/C22H21FN2O4/c1-14-19(10-9-17(26)12-18(27)13-21(28)29-2)22(15-5-7-16(23)8-6-15)24-25-11-3-4-20(14)25/h3-11,17,26H,12-13H2,1-2H3. The summed E-state index contributed by atoms with van der Waals surface area (Å²) in [5, 5.41) is 14.8. The molecule has 1 N–H and O–H groups in total. The molecule has 0 saturated heterocycles. The minimum Gasteiger partial charge on any atom is -0.469 e. The first-order chi connectivity index (χ1) is 13.9. The van der Waals surface area contributed by atoms with Crippen LogP contribution in [0.25, 0.3) is 22.9 Å². The third kappa shape index (κ3) is 4.75. The largest absolute Gasteiger partial charge is 0.469 e. The second-order valence-corrected chi connectivity index (χ2v) is 6.65. The van der Waals surface area contributed by atoms with Crippen LogP contribution in [-0.4, -0.2) is 39.7 Å². The summed E-state index contributed by atoms with van der Waals surface area (Å²) in [6.45, 7) is 1.93. The number of rotatable bonds is 7. The molecule has 0 saturated carbocycles. The number of aryl methyl sites for hydroxylation is 1. The lowest BCUT2D eigenvalue weighted by Gasteiger charge is -2.12. The minimum atomic E-state index is -1.06. The summed E-state index contributed by atoms with van der Waals surface area (Å²) in [4.78, 5) is 23.0. The van der Waals surface area contributed by atoms with E-state index in [2.05, 4.69) is 9.84 Å². The van der Waals surface area contributed by atoms with E-state index in [4.69, 9.17) is 0 Å². The Hall–Kier alpha value is -3.32. The smallest absolute Gasteiger partial charge is 0.313 e. The van der Waals surface area contributed by atoms with Gasteiger partial charge in [0.2, 0.25) is 0 Å². The number of carbonyl (C=O) groups excluding carboxylic acids is 2. The molecule has 0 radical (unpaired) electrons. The number of carbonyl (C=O) groups is 2. The number of halogens is 1. The van der Waals surface area contributed by atoms with Gasteiger partial charge in [-0.15, -0.1) is 0 Å². The molecule has 3 aromatic rings. The Morgan fingerprint density at radius 2 is 2.00 bits per heavy atom. The van der Waals surface area contributed by atoms with Crippen molar-refractivity contribution in [3.05, 3.63) is 65.6 Å². The first-order valence-corrected chi connectivity index (χ1v) is 9.07. The summed E-state index contributed by atoms with van der Waals surface area (Å²) in [7, 11) is 1.20. The zero-order chi connectivity index (χ0) is 21.0. The van der Waals surface area contributed by atoms with Crippen molar-refractivity contribution in [3.63, 3.8) is 0 Å². The highest BCUT2D eigenvalue weighted by Gasteiger charge is 2.15. The van der Waals surface area contributed by atoms with Crippen molar-refractivity contribution in [2.45, 2.75) is 25.9 Å². The Morgan fingerprint density at radius 3 is 2.69 bits per heavy atom. The molecular formula is C22H21FN2O4. The highest BCUT2D eigenvalue weighted by molar-refractivity contribution is 5.95. The van der Waals surface area contributed by atoms with Gasteiger partial charge in [-0.05, 0) is 48.9 Å². The van der Waals surface area contributed by atoms with Crippen molar-refractivity contribution >= 4 is 23.3 Å². The maximum atomic E-state index is 13.3. The van der Waals surface area contributed by atoms with Gasteiger partial charge in [-0.3, -0.25) is 9.59 Å². The molecule has 0 fully saturated rings. The number of aromatic nitrogens is 2. The van der Waals surface area contributed by atoms with E-state index in [1.165, 1.54) is 25.3 Å². The number of aliphatic hydroxyl groups excluding tert-OH is 1. The zero-order valence-electron chi connectivity index (χ0n) is 16.1. The number of methoxy groups -OCH3 is 1. The van der Waals surface area contributed by atoms with Crippen LogP contribution in [0, 0.1) is 12.7 Å². The monoisotopic (exact) mass is 396 g/mol. The summed E-state index contributed by atoms with van der Waals surface area (Å²) in [5.74, 6) is -1.39. The molecule has 1 unspecified atom stereocenters. The van der Waals surface area contributed by atoms with Crippen molar-refractivity contribution in [2.24, 2.45) is 0 Å². The SMILES string of the molecule is COC(=O)CC(=O)CC(O)C=Cc1c(-c2ccc(F)cc2)nn2cccc2c1C. The fraction of sp³-hybridized carbons (Fsp3) is 0.227. The third-order valence-electron chi connectivity index (χ3n) is 4.59. The molecule has 3 rings (SSSR count). The molecular weight excluding hydrogens is 375 g/mol. The van der Waals surface area contributed by atoms with Crippen molar-refractivity contribution in [1.29, 1.82) is 0 Å². The average molecular weight is 396 g/mol. The number of hydrogen-bond acceptors (Lipinski definition) is 5. The van der Waals surface area contributed by atoms with Gasteiger partial charge in [0.15, 0.2) is 0 Å². The Bertz CT molecular complexity index is 1070. The van der Waals surface area contributed by atoms with Crippen LogP contribution in [-0.2, 0) is 14.3 Å². The van der Waals surface area contributed by atoms with Crippen LogP contribution < -0.4 is 0 Å². The number of esters is 1. The summed E-state index contributed by atoms with van der Waals surface area (Å²) >= 11 is 0. The molecule has 0 aliphatic rings. The lowest BCUT2D eigenvalue weighted by Crippen LogP contribution is -2.15. The van der Waals surface area contributed by atoms with E-state index in [1.807, 2.05) is 25.3 Å². The fourth-order valence-electron chi connectivity index (χ4n) is 3.07. The van der Waals surface area contributed by atoms with Crippen LogP contribution in [0.4, 0.5) is 4.39 Å². The second-order valence-electron chi connectivity index (χ2n) is 6.65. The predicted octanol–water partition coefficient (Wildman–Crippen LogP) is 3.35. The first kappa shape index (κ1) is 20.4. The van der Waals surface area contributed by atoms with Crippen LogP contribution in [0.5, 0.6) is 0 Å². The van der Waals surface area contributed by atoms with Crippen molar-refractivity contribution in [1.82, 2.24) is 9.61 Å². The Balaban J connectivity index is 1.93. The Labute approximate surface area is 167 Å². The van der Waals surface area contributed by atoms with Gasteiger partial charge in [0.25, 0.3) is 0 Å². The summed E-state index contributed by atoms with van der Waals surface area (Å²) in [6.07, 6.45) is 3.38. The molecule has 0 spiro atoms. The van der Waals surface area contributed by atoms with Crippen molar-refractivity contribution in [3.8, 4) is 11.3 Å². The third-order valence-corrected chi connectivity index (χ3v) is 4.59. The van der Waals surface area contributed by atoms with Crippen LogP contribution in [0.3, 0.4) is 0 Å². The van der Waals surface area contributed by atoms with E-state index in [0.717, 1.165) is 22.2 Å². The van der Waals surface area contributed by atoms with Crippen LogP contribution in [0.15, 0.2) is 48.7 Å². The highest BCUT2D eigenvalue weighted by atomic mass is 19.1. The number of fused-ring (bicyclic) bond motifs is 1. The molecule has 0 bridgehead atoms. The van der Waals surface area contributed by atoms with Gasteiger partial charge >= 0.3 is 5.97 Å². The molecule has 2 aromatic heterocycles. The Morgan fingerprint density at radius 1 is 1.28 bits per heavy atom. The minimum absolute atomic E-state index is 0.197. The van der Waals surface area contributed by atoms with E-state index in [0.29, 0.717) is 5.69 Å². The van der Waals surface area contributed by atoms with Gasteiger partial charge in [-0.1, -0.05) is 12.2 Å². The summed E-state index contributed by atoms with van der Waals surface area (Å²) in [6, 6.07) is 9.79. The van der Waals surface area contributed by atoms with E-state index < -0.39 is 17.9 Å². The molecule has 6 nitrogen and oxygen atoms in total. The molecule has 7 heteroatoms. The van der Waals surface area contributed by atoms with Gasteiger partial charge in [0.1, 0.15) is 18.0 Å². The number of nitrogens with zero attached hydrogens (tertiary/aromatic N) is 2. The quantitative estimate of drug-likeness (QED) is 0.489. The van der Waals surface area contributed by atoms with Crippen LogP contribution >= 0.6 is 0 Å². The summed E-state index contributed by atoms with van der Waals surface area (Å²) < 4.78 is 19.5. The topological polar surface area (TPSA) is 80.9 Å². The fourth-order valence-corrected chi connectivity index (χ4v) is 3.07. The maximum absolute atomic E-state index is 13.3. The summed E-state index contributed by atoms with van der Waals surface area (Å²) in [5.41, 5.74) is 3.92. The first-order valence-electron chi connectivity index (χ1n) is 9.07. The molecule has 0 amide bonds. The molecule has 29 heavy (non-hydrogen) atoms. The average Bonchev–Trinajstić information content (AvgIpc) is 3.16. The van der Waals surface area contributed by atoms with E-state index >= 15 is 0 Å². The molecule has 0 aliphatic carbocycles. The number of ketones is 1. The second kappa shape index (κ2) is 8.79. The van der Waals surface area contributed by atoms with E-state index in [1.54, 1.807) is 22.7 Å². The number of hydrogen-bond donors (Lipinski definition) is 1. The van der Waals surface area contributed by atoms with Gasteiger partial charge in [-0.25, -0.2) is 8.91 Å². The van der Waals surface area contributed by atoms with E-state index in [-0.39, 0.29) is 18.7 Å². The number of benzene rings is 1. The number of aliphatic hydroxyl groups is 1. The van der Waals surface area contributed by atoms with Gasteiger partial charge in [-0.2, -0.15) is 5.10 Å². The highest BCUT2D eigenvalue weighted by Crippen LogP contribution is 2.28. The van der Waals surface area contributed by atoms with Crippen LogP contribution in [0.2, 0.25) is 0 Å². The van der Waals surface area contributed by atoms with Gasteiger partial charge in [0.05, 0.1) is 24.4 Å². The van der Waals surface area contributed by atoms with Crippen molar-refractivity contribution < 1.29 is 23.8 Å². The normalized spacial score (nSPS) is 12.4. The number of ether oxygens (including phenoxy) is 1. The van der Waals surface area contributed by atoms with Gasteiger partial charge in [0, 0.05) is 23.7 Å². The lowest BCUT2D eigenvalue weighted by atomic mass is 10.00. The Kier molecular flexibility index (Phi) is 6.19.